The minimum Gasteiger partial charge on any atom is -0.338 e. The predicted octanol–water partition coefficient (Wildman–Crippen LogP) is 2.73. The number of aromatic nitrogens is 2. The zero-order chi connectivity index (χ0) is 12.5. The summed E-state index contributed by atoms with van der Waals surface area (Å²) in [5, 5.41) is 4.17. The van der Waals surface area contributed by atoms with Crippen molar-refractivity contribution in [2.75, 3.05) is 12.0 Å². The zero-order valence-electron chi connectivity index (χ0n) is 10.8. The van der Waals surface area contributed by atoms with Gasteiger partial charge in [-0.25, -0.2) is 0 Å². The predicted molar refractivity (Wildman–Crippen MR) is 72.4 cm³/mol. The Hall–Kier alpha value is -0.550. The van der Waals surface area contributed by atoms with Crippen molar-refractivity contribution in [3.8, 4) is 0 Å². The summed E-state index contributed by atoms with van der Waals surface area (Å²) >= 11 is 1.80. The van der Waals surface area contributed by atoms with Gasteiger partial charge in [0.1, 0.15) is 0 Å². The second-order valence-electron chi connectivity index (χ2n) is 5.66. The smallest absolute Gasteiger partial charge is 0.243 e. The molecule has 2 aliphatic carbocycles. The van der Waals surface area contributed by atoms with Crippen LogP contribution in [0.1, 0.15) is 55.8 Å². The fourth-order valence-corrected chi connectivity index (χ4v) is 3.97. The summed E-state index contributed by atoms with van der Waals surface area (Å²) in [6.07, 6.45) is 8.36. The summed E-state index contributed by atoms with van der Waals surface area (Å²) in [6, 6.07) is -0.0997. The summed E-state index contributed by atoms with van der Waals surface area (Å²) in [5.74, 6) is 4.81. The molecule has 0 spiro atoms. The lowest BCUT2D eigenvalue weighted by molar-refractivity contribution is 0.336. The molecule has 0 amide bonds. The molecule has 4 atom stereocenters. The molecule has 18 heavy (non-hydrogen) atoms. The van der Waals surface area contributed by atoms with E-state index in [0.717, 1.165) is 29.8 Å². The molecule has 0 radical (unpaired) electrons. The third-order valence-electron chi connectivity index (χ3n) is 4.48. The Morgan fingerprint density at radius 2 is 2.33 bits per heavy atom. The number of hydrogen-bond acceptors (Lipinski definition) is 5. The highest BCUT2D eigenvalue weighted by molar-refractivity contribution is 7.98. The normalized spacial score (nSPS) is 32.0. The Morgan fingerprint density at radius 1 is 1.44 bits per heavy atom. The van der Waals surface area contributed by atoms with E-state index in [2.05, 4.69) is 16.4 Å². The van der Waals surface area contributed by atoms with Crippen molar-refractivity contribution < 1.29 is 4.52 Å². The fraction of sp³-hybridized carbons (Fsp3) is 0.846. The molecule has 1 heterocycles. The highest BCUT2D eigenvalue weighted by atomic mass is 32.2. The molecule has 2 aliphatic rings. The molecular weight excluding hydrogens is 246 g/mol. The molecule has 4 unspecified atom stereocenters. The Kier molecular flexibility index (Phi) is 3.61. The topological polar surface area (TPSA) is 64.9 Å². The largest absolute Gasteiger partial charge is 0.338 e. The average molecular weight is 267 g/mol. The molecule has 2 bridgehead atoms. The van der Waals surface area contributed by atoms with Crippen LogP contribution in [-0.4, -0.2) is 22.1 Å². The first-order valence-corrected chi connectivity index (χ1v) is 8.25. The number of thioether (sulfide) groups is 1. The Labute approximate surface area is 112 Å². The second-order valence-corrected chi connectivity index (χ2v) is 6.65. The maximum atomic E-state index is 6.06. The third-order valence-corrected chi connectivity index (χ3v) is 5.12. The molecular formula is C13H21N3OS. The van der Waals surface area contributed by atoms with Crippen molar-refractivity contribution in [3.63, 3.8) is 0 Å². The van der Waals surface area contributed by atoms with Crippen molar-refractivity contribution in [1.29, 1.82) is 0 Å². The van der Waals surface area contributed by atoms with E-state index in [0.29, 0.717) is 11.8 Å². The molecule has 5 heteroatoms. The molecule has 0 saturated heterocycles. The Morgan fingerprint density at radius 3 is 3.00 bits per heavy atom. The minimum absolute atomic E-state index is 0.0997. The van der Waals surface area contributed by atoms with Crippen LogP contribution < -0.4 is 5.73 Å². The summed E-state index contributed by atoms with van der Waals surface area (Å²) < 4.78 is 5.35. The highest BCUT2D eigenvalue weighted by Gasteiger charge is 2.42. The van der Waals surface area contributed by atoms with Gasteiger partial charge in [-0.15, -0.1) is 0 Å². The maximum absolute atomic E-state index is 6.06. The maximum Gasteiger partial charge on any atom is 0.243 e. The van der Waals surface area contributed by atoms with Gasteiger partial charge in [0.15, 0.2) is 5.82 Å². The molecule has 0 aromatic carbocycles. The average Bonchev–Trinajstić information content (AvgIpc) is 3.09. The monoisotopic (exact) mass is 267 g/mol. The molecule has 3 rings (SSSR count). The van der Waals surface area contributed by atoms with Crippen LogP contribution in [-0.2, 0) is 0 Å². The van der Waals surface area contributed by atoms with E-state index in [-0.39, 0.29) is 6.04 Å². The van der Waals surface area contributed by atoms with E-state index < -0.39 is 0 Å². The van der Waals surface area contributed by atoms with Crippen LogP contribution in [0.2, 0.25) is 0 Å². The second kappa shape index (κ2) is 5.21. The van der Waals surface area contributed by atoms with E-state index in [1.807, 2.05) is 0 Å². The summed E-state index contributed by atoms with van der Waals surface area (Å²) in [5.41, 5.74) is 6.06. The van der Waals surface area contributed by atoms with Crippen molar-refractivity contribution in [1.82, 2.24) is 10.1 Å². The first-order chi connectivity index (χ1) is 8.78. The summed E-state index contributed by atoms with van der Waals surface area (Å²) in [7, 11) is 0. The molecule has 1 aromatic heterocycles. The molecule has 100 valence electrons. The van der Waals surface area contributed by atoms with Gasteiger partial charge in [0.2, 0.25) is 5.89 Å². The number of nitrogens with zero attached hydrogens (tertiary/aromatic N) is 2. The standard InChI is InChI=1S/C13H21N3OS/c1-18-5-4-11(14)13-15-12(16-17-13)10-7-8-2-3-9(10)6-8/h8-11H,2-7,14H2,1H3. The quantitative estimate of drug-likeness (QED) is 0.888. The first-order valence-electron chi connectivity index (χ1n) is 6.86. The number of rotatable bonds is 5. The molecule has 4 nitrogen and oxygen atoms in total. The van der Waals surface area contributed by atoms with E-state index in [1.54, 1.807) is 11.8 Å². The summed E-state index contributed by atoms with van der Waals surface area (Å²) in [6.45, 7) is 0. The van der Waals surface area contributed by atoms with Crippen LogP contribution in [0.5, 0.6) is 0 Å². The van der Waals surface area contributed by atoms with Gasteiger partial charge < -0.3 is 10.3 Å². The van der Waals surface area contributed by atoms with Crippen LogP contribution in [0, 0.1) is 11.8 Å². The van der Waals surface area contributed by atoms with Crippen LogP contribution in [0.25, 0.3) is 0 Å². The van der Waals surface area contributed by atoms with Crippen molar-refractivity contribution in [2.24, 2.45) is 17.6 Å². The highest BCUT2D eigenvalue weighted by Crippen LogP contribution is 2.52. The van der Waals surface area contributed by atoms with Crippen LogP contribution in [0.15, 0.2) is 4.52 Å². The van der Waals surface area contributed by atoms with Gasteiger partial charge in [0, 0.05) is 5.92 Å². The summed E-state index contributed by atoms with van der Waals surface area (Å²) in [4.78, 5) is 4.55. The molecule has 0 aliphatic heterocycles. The van der Waals surface area contributed by atoms with Crippen LogP contribution in [0.3, 0.4) is 0 Å². The van der Waals surface area contributed by atoms with E-state index >= 15 is 0 Å². The van der Waals surface area contributed by atoms with E-state index in [1.165, 1.54) is 25.7 Å². The zero-order valence-corrected chi connectivity index (χ0v) is 11.7. The Balaban J connectivity index is 1.66. The number of fused-ring (bicyclic) bond motifs is 2. The van der Waals surface area contributed by atoms with Crippen molar-refractivity contribution >= 4 is 11.8 Å². The molecule has 2 N–H and O–H groups in total. The van der Waals surface area contributed by atoms with Gasteiger partial charge in [-0.2, -0.15) is 16.7 Å². The van der Waals surface area contributed by atoms with Crippen molar-refractivity contribution in [3.05, 3.63) is 11.7 Å². The van der Waals surface area contributed by atoms with Crippen molar-refractivity contribution in [2.45, 2.75) is 44.1 Å². The lowest BCUT2D eigenvalue weighted by atomic mass is 9.88. The molecule has 2 saturated carbocycles. The Bertz CT molecular complexity index is 409. The molecule has 2 fully saturated rings. The van der Waals surface area contributed by atoms with Gasteiger partial charge in [0.25, 0.3) is 0 Å². The first kappa shape index (κ1) is 12.5. The fourth-order valence-electron chi connectivity index (χ4n) is 3.48. The van der Waals surface area contributed by atoms with Gasteiger partial charge >= 0.3 is 0 Å². The van der Waals surface area contributed by atoms with E-state index in [9.17, 15) is 0 Å². The third kappa shape index (κ3) is 2.30. The van der Waals surface area contributed by atoms with Gasteiger partial charge in [0.05, 0.1) is 6.04 Å². The number of nitrogens with two attached hydrogens (primary N) is 1. The number of hydrogen-bond donors (Lipinski definition) is 1. The van der Waals surface area contributed by atoms with E-state index in [4.69, 9.17) is 10.3 Å². The van der Waals surface area contributed by atoms with Gasteiger partial charge in [-0.3, -0.25) is 0 Å². The van der Waals surface area contributed by atoms with Gasteiger partial charge in [-0.1, -0.05) is 11.6 Å². The minimum atomic E-state index is -0.0997. The molecule has 1 aromatic rings. The van der Waals surface area contributed by atoms with Crippen LogP contribution in [0.4, 0.5) is 0 Å². The lowest BCUT2D eigenvalue weighted by Gasteiger charge is -2.17. The lowest BCUT2D eigenvalue weighted by Crippen LogP contribution is -2.13. The van der Waals surface area contributed by atoms with Gasteiger partial charge in [-0.05, 0) is 49.5 Å². The van der Waals surface area contributed by atoms with Crippen LogP contribution >= 0.6 is 11.8 Å². The SMILES string of the molecule is CSCCC(N)c1nc(C2CC3CCC2C3)no1.